The van der Waals surface area contributed by atoms with Gasteiger partial charge in [0.05, 0.1) is 11.6 Å². The molecule has 7 heteroatoms. The lowest BCUT2D eigenvalue weighted by atomic mass is 10.1. The molecule has 32 heavy (non-hydrogen) atoms. The predicted octanol–water partition coefficient (Wildman–Crippen LogP) is 6.03. The Balaban J connectivity index is 1.81. The first-order chi connectivity index (χ1) is 15.4. The Morgan fingerprint density at radius 2 is 1.94 bits per heavy atom. The maximum absolute atomic E-state index is 13.0. The summed E-state index contributed by atoms with van der Waals surface area (Å²) < 4.78 is 25.1. The van der Waals surface area contributed by atoms with Crippen LogP contribution in [0.15, 0.2) is 70.7 Å². The summed E-state index contributed by atoms with van der Waals surface area (Å²) >= 11 is 3.48. The molecule has 0 fully saturated rings. The predicted molar refractivity (Wildman–Crippen MR) is 125 cm³/mol. The molecule has 0 radical (unpaired) electrons. The van der Waals surface area contributed by atoms with Crippen LogP contribution >= 0.6 is 15.9 Å². The van der Waals surface area contributed by atoms with E-state index in [9.17, 15) is 14.4 Å². The molecule has 0 bridgehead atoms. The van der Waals surface area contributed by atoms with E-state index >= 15 is 0 Å². The average molecular weight is 495 g/mol. The number of carbonyl (C=O) groups excluding carboxylic acids is 1. The number of carbonyl (C=O) groups is 1. The van der Waals surface area contributed by atoms with Crippen molar-refractivity contribution in [3.05, 3.63) is 93.2 Å². The molecule has 5 nitrogen and oxygen atoms in total. The highest BCUT2D eigenvalue weighted by Crippen LogP contribution is 2.37. The first-order valence-electron chi connectivity index (χ1n) is 9.64. The zero-order valence-corrected chi connectivity index (χ0v) is 19.1. The zero-order valence-electron chi connectivity index (χ0n) is 17.5. The average Bonchev–Trinajstić information content (AvgIpc) is 2.77. The Hall–Kier alpha value is -3.63. The van der Waals surface area contributed by atoms with Gasteiger partial charge < -0.3 is 14.8 Å². The molecule has 1 amide bonds. The van der Waals surface area contributed by atoms with Gasteiger partial charge in [-0.05, 0) is 76.5 Å². The number of methoxy groups -OCH3 is 1. The molecule has 0 aromatic heterocycles. The third-order valence-corrected chi connectivity index (χ3v) is 5.08. The maximum atomic E-state index is 13.0. The summed E-state index contributed by atoms with van der Waals surface area (Å²) in [5.74, 6) is -0.0513. The number of nitrogens with zero attached hydrogens (tertiary/aromatic N) is 1. The highest BCUT2D eigenvalue weighted by Gasteiger charge is 2.14. The number of nitrogens with one attached hydrogen (secondary N) is 1. The summed E-state index contributed by atoms with van der Waals surface area (Å²) in [6, 6.07) is 18.6. The summed E-state index contributed by atoms with van der Waals surface area (Å²) in [5.41, 5.74) is 3.00. The highest BCUT2D eigenvalue weighted by atomic mass is 79.9. The molecular weight excluding hydrogens is 475 g/mol. The van der Waals surface area contributed by atoms with Crippen molar-refractivity contribution < 1.29 is 18.7 Å². The number of rotatable bonds is 7. The van der Waals surface area contributed by atoms with Gasteiger partial charge in [-0.1, -0.05) is 29.8 Å². The standard InChI is InChI=1S/C25H20BrFN2O3/c1-16-4-3-5-17(10-16)15-32-24-22(26)12-18(13-23(24)31-2)11-19(14-28)25(30)29-21-8-6-20(27)7-9-21/h3-13H,15H2,1-2H3,(H,29,30)/b19-11+. The van der Waals surface area contributed by atoms with Crippen molar-refractivity contribution in [2.24, 2.45) is 0 Å². The quantitative estimate of drug-likeness (QED) is 0.321. The van der Waals surface area contributed by atoms with Gasteiger partial charge in [0.15, 0.2) is 11.5 Å². The lowest BCUT2D eigenvalue weighted by Crippen LogP contribution is -2.13. The van der Waals surface area contributed by atoms with Gasteiger partial charge in [-0.2, -0.15) is 5.26 Å². The Bertz CT molecular complexity index is 1200. The van der Waals surface area contributed by atoms with Gasteiger partial charge in [0.25, 0.3) is 5.91 Å². The molecule has 1 N–H and O–H groups in total. The molecular formula is C25H20BrFN2O3. The second-order valence-electron chi connectivity index (χ2n) is 6.94. The van der Waals surface area contributed by atoms with Crippen molar-refractivity contribution in [2.45, 2.75) is 13.5 Å². The summed E-state index contributed by atoms with van der Waals surface area (Å²) in [4.78, 5) is 12.5. The molecule has 0 saturated carbocycles. The topological polar surface area (TPSA) is 71.3 Å². The van der Waals surface area contributed by atoms with Crippen molar-refractivity contribution in [1.29, 1.82) is 5.26 Å². The minimum Gasteiger partial charge on any atom is -0.493 e. The second-order valence-corrected chi connectivity index (χ2v) is 7.80. The summed E-state index contributed by atoms with van der Waals surface area (Å²) in [5, 5.41) is 12.0. The Morgan fingerprint density at radius 3 is 2.59 bits per heavy atom. The lowest BCUT2D eigenvalue weighted by Gasteiger charge is -2.14. The van der Waals surface area contributed by atoms with E-state index in [1.807, 2.05) is 37.3 Å². The van der Waals surface area contributed by atoms with Crippen LogP contribution in [0.1, 0.15) is 16.7 Å². The van der Waals surface area contributed by atoms with E-state index in [0.717, 1.165) is 11.1 Å². The SMILES string of the molecule is COc1cc(/C=C(\C#N)C(=O)Nc2ccc(F)cc2)cc(Br)c1OCc1cccc(C)c1. The number of anilines is 1. The Kier molecular flexibility index (Phi) is 7.63. The summed E-state index contributed by atoms with van der Waals surface area (Å²) in [6.07, 6.45) is 1.44. The van der Waals surface area contributed by atoms with Gasteiger partial charge in [-0.15, -0.1) is 0 Å². The Labute approximate surface area is 194 Å². The number of hydrogen-bond donors (Lipinski definition) is 1. The van der Waals surface area contributed by atoms with Crippen molar-refractivity contribution in [1.82, 2.24) is 0 Å². The minimum absolute atomic E-state index is 0.114. The van der Waals surface area contributed by atoms with E-state index in [4.69, 9.17) is 9.47 Å². The van der Waals surface area contributed by atoms with Gasteiger partial charge >= 0.3 is 0 Å². The number of halogens is 2. The smallest absolute Gasteiger partial charge is 0.266 e. The number of ether oxygens (including phenoxy) is 2. The van der Waals surface area contributed by atoms with Crippen LogP contribution < -0.4 is 14.8 Å². The molecule has 3 rings (SSSR count). The maximum Gasteiger partial charge on any atom is 0.266 e. The fourth-order valence-electron chi connectivity index (χ4n) is 2.97. The summed E-state index contributed by atoms with van der Waals surface area (Å²) in [6.45, 7) is 2.37. The Morgan fingerprint density at radius 1 is 1.19 bits per heavy atom. The van der Waals surface area contributed by atoms with Crippen LogP contribution in [0.5, 0.6) is 11.5 Å². The normalized spacial score (nSPS) is 10.9. The van der Waals surface area contributed by atoms with E-state index in [0.29, 0.717) is 33.8 Å². The number of aryl methyl sites for hydroxylation is 1. The largest absolute Gasteiger partial charge is 0.493 e. The highest BCUT2D eigenvalue weighted by molar-refractivity contribution is 9.10. The van der Waals surface area contributed by atoms with Gasteiger partial charge in [-0.25, -0.2) is 4.39 Å². The van der Waals surface area contributed by atoms with E-state index < -0.39 is 11.7 Å². The van der Waals surface area contributed by atoms with Crippen LogP contribution in [0.25, 0.3) is 6.08 Å². The number of amides is 1. The molecule has 0 atom stereocenters. The second kappa shape index (κ2) is 10.6. The van der Waals surface area contributed by atoms with Crippen LogP contribution in [-0.2, 0) is 11.4 Å². The van der Waals surface area contributed by atoms with Crippen LogP contribution in [0.2, 0.25) is 0 Å². The molecule has 0 aliphatic rings. The van der Waals surface area contributed by atoms with Gasteiger partial charge in [0.2, 0.25) is 0 Å². The molecule has 0 aliphatic carbocycles. The van der Waals surface area contributed by atoms with Gasteiger partial charge in [0, 0.05) is 5.69 Å². The first-order valence-corrected chi connectivity index (χ1v) is 10.4. The molecule has 0 saturated heterocycles. The molecule has 162 valence electrons. The molecule has 3 aromatic carbocycles. The molecule has 0 aliphatic heterocycles. The van der Waals surface area contributed by atoms with E-state index in [2.05, 4.69) is 21.2 Å². The van der Waals surface area contributed by atoms with Crippen LogP contribution in [0.3, 0.4) is 0 Å². The van der Waals surface area contributed by atoms with Crippen LogP contribution in [0, 0.1) is 24.1 Å². The monoisotopic (exact) mass is 494 g/mol. The third kappa shape index (κ3) is 5.96. The molecule has 0 heterocycles. The van der Waals surface area contributed by atoms with E-state index in [-0.39, 0.29) is 5.57 Å². The minimum atomic E-state index is -0.603. The fourth-order valence-corrected chi connectivity index (χ4v) is 3.54. The van der Waals surface area contributed by atoms with Crippen LogP contribution in [0.4, 0.5) is 10.1 Å². The van der Waals surface area contributed by atoms with Crippen molar-refractivity contribution in [2.75, 3.05) is 12.4 Å². The van der Waals surface area contributed by atoms with Crippen molar-refractivity contribution in [3.8, 4) is 17.6 Å². The van der Waals surface area contributed by atoms with Gasteiger partial charge in [-0.3, -0.25) is 4.79 Å². The number of nitriles is 1. The van der Waals surface area contributed by atoms with Crippen LogP contribution in [-0.4, -0.2) is 13.0 Å². The number of hydrogen-bond acceptors (Lipinski definition) is 4. The van der Waals surface area contributed by atoms with E-state index in [1.165, 1.54) is 37.5 Å². The van der Waals surface area contributed by atoms with Crippen molar-refractivity contribution in [3.63, 3.8) is 0 Å². The lowest BCUT2D eigenvalue weighted by molar-refractivity contribution is -0.112. The van der Waals surface area contributed by atoms with E-state index in [1.54, 1.807) is 12.1 Å². The molecule has 0 spiro atoms. The fraction of sp³-hybridized carbons (Fsp3) is 0.120. The third-order valence-electron chi connectivity index (χ3n) is 4.50. The molecule has 0 unspecified atom stereocenters. The van der Waals surface area contributed by atoms with Gasteiger partial charge in [0.1, 0.15) is 24.1 Å². The number of benzene rings is 3. The zero-order chi connectivity index (χ0) is 23.1. The first kappa shape index (κ1) is 23.0. The summed E-state index contributed by atoms with van der Waals surface area (Å²) in [7, 11) is 1.52. The van der Waals surface area contributed by atoms with Crippen molar-refractivity contribution >= 4 is 33.6 Å². The molecule has 3 aromatic rings.